The van der Waals surface area contributed by atoms with Crippen molar-refractivity contribution in [2.24, 2.45) is 16.7 Å². The summed E-state index contributed by atoms with van der Waals surface area (Å²) < 4.78 is 0. The Labute approximate surface area is 64.3 Å². The molecule has 4 heteroatoms. The fourth-order valence-electron chi connectivity index (χ4n) is 1.91. The minimum absolute atomic E-state index is 0.231. The van der Waals surface area contributed by atoms with E-state index in [1.165, 1.54) is 0 Å². The van der Waals surface area contributed by atoms with Crippen molar-refractivity contribution in [2.45, 2.75) is 20.3 Å². The number of rotatable bonds is 0. The van der Waals surface area contributed by atoms with E-state index in [1.807, 2.05) is 0 Å². The Balaban J connectivity index is 2.49. The summed E-state index contributed by atoms with van der Waals surface area (Å²) in [6.45, 7) is 3.58. The smallest absolute Gasteiger partial charge is 0.250 e. The summed E-state index contributed by atoms with van der Waals surface area (Å²) in [5.74, 6) is 4.78. The molecule has 1 saturated heterocycles. The van der Waals surface area contributed by atoms with Crippen LogP contribution in [0.25, 0.3) is 0 Å². The van der Waals surface area contributed by atoms with E-state index in [0.717, 1.165) is 5.01 Å². The fourth-order valence-corrected chi connectivity index (χ4v) is 1.91. The Kier molecular flexibility index (Phi) is 0.828. The van der Waals surface area contributed by atoms with Crippen LogP contribution in [0.2, 0.25) is 0 Å². The molecule has 2 N–H and O–H groups in total. The summed E-state index contributed by atoms with van der Waals surface area (Å²) in [4.78, 5) is 22.5. The second kappa shape index (κ2) is 1.34. The minimum atomic E-state index is -0.487. The quantitative estimate of drug-likeness (QED) is 0.294. The highest BCUT2D eigenvalue weighted by Crippen LogP contribution is 2.68. The maximum Gasteiger partial charge on any atom is 0.250 e. The second-order valence-electron chi connectivity index (χ2n) is 3.82. The van der Waals surface area contributed by atoms with Crippen molar-refractivity contribution in [1.29, 1.82) is 0 Å². The molecule has 2 atom stereocenters. The van der Waals surface area contributed by atoms with Crippen LogP contribution < -0.4 is 5.84 Å². The lowest BCUT2D eigenvalue weighted by atomic mass is 10.00. The number of carbonyl (C=O) groups is 2. The van der Waals surface area contributed by atoms with Gasteiger partial charge >= 0.3 is 0 Å². The van der Waals surface area contributed by atoms with Crippen molar-refractivity contribution in [3.63, 3.8) is 0 Å². The molecule has 2 aliphatic rings. The predicted molar refractivity (Wildman–Crippen MR) is 36.9 cm³/mol. The molecule has 2 fully saturated rings. The van der Waals surface area contributed by atoms with Gasteiger partial charge in [-0.1, -0.05) is 0 Å². The number of imide groups is 1. The lowest BCUT2D eigenvalue weighted by Gasteiger charge is -2.10. The van der Waals surface area contributed by atoms with Crippen molar-refractivity contribution in [1.82, 2.24) is 5.01 Å². The molecule has 0 spiro atoms. The molecule has 1 aliphatic carbocycles. The third-order valence-electron chi connectivity index (χ3n) is 3.18. The van der Waals surface area contributed by atoms with Crippen molar-refractivity contribution in [3.8, 4) is 0 Å². The first-order valence-electron chi connectivity index (χ1n) is 3.57. The highest BCUT2D eigenvalue weighted by atomic mass is 16.2. The Morgan fingerprint density at radius 3 is 1.82 bits per heavy atom. The van der Waals surface area contributed by atoms with Crippen molar-refractivity contribution in [3.05, 3.63) is 0 Å². The van der Waals surface area contributed by atoms with Crippen LogP contribution in [0.4, 0.5) is 0 Å². The van der Waals surface area contributed by atoms with Crippen LogP contribution in [-0.4, -0.2) is 16.8 Å². The summed E-state index contributed by atoms with van der Waals surface area (Å²) in [6.07, 6.45) is 0.658. The molecule has 0 aromatic heterocycles. The second-order valence-corrected chi connectivity index (χ2v) is 3.82. The number of amides is 2. The van der Waals surface area contributed by atoms with Gasteiger partial charge in [-0.3, -0.25) is 9.59 Å². The molecule has 4 nitrogen and oxygen atoms in total. The van der Waals surface area contributed by atoms with Crippen LogP contribution in [-0.2, 0) is 9.59 Å². The van der Waals surface area contributed by atoms with Crippen molar-refractivity contribution < 1.29 is 9.59 Å². The lowest BCUT2D eigenvalue weighted by Crippen LogP contribution is -2.41. The number of hydrogen-bond donors (Lipinski definition) is 1. The Bertz CT molecular complexity index is 250. The highest BCUT2D eigenvalue weighted by Gasteiger charge is 2.77. The molecule has 1 aliphatic heterocycles. The molecule has 60 valence electrons. The summed E-state index contributed by atoms with van der Waals surface area (Å²) in [5, 5.41) is 0.753. The van der Waals surface area contributed by atoms with E-state index in [0.29, 0.717) is 6.42 Å². The van der Waals surface area contributed by atoms with Gasteiger partial charge in [0.2, 0.25) is 0 Å². The van der Waals surface area contributed by atoms with Crippen LogP contribution in [0.15, 0.2) is 0 Å². The van der Waals surface area contributed by atoms with Gasteiger partial charge in [0.05, 0.1) is 10.8 Å². The number of carbonyl (C=O) groups excluding carboxylic acids is 2. The molecule has 0 bridgehead atoms. The van der Waals surface area contributed by atoms with Gasteiger partial charge in [0.1, 0.15) is 0 Å². The van der Waals surface area contributed by atoms with Gasteiger partial charge in [-0.2, -0.15) is 0 Å². The SMILES string of the molecule is C[C@@]12C[C@]1(C)C(=O)N(N)C2=O. The van der Waals surface area contributed by atoms with E-state index < -0.39 is 10.8 Å². The number of fused-ring (bicyclic) bond motifs is 1. The van der Waals surface area contributed by atoms with Gasteiger partial charge in [-0.15, -0.1) is 0 Å². The maximum absolute atomic E-state index is 11.3. The number of nitrogens with zero attached hydrogens (tertiary/aromatic N) is 1. The van der Waals surface area contributed by atoms with Crippen molar-refractivity contribution >= 4 is 11.8 Å². The number of hydrogen-bond acceptors (Lipinski definition) is 3. The Hall–Kier alpha value is -0.900. The van der Waals surface area contributed by atoms with Crippen LogP contribution in [0.5, 0.6) is 0 Å². The van der Waals surface area contributed by atoms with E-state index in [9.17, 15) is 9.59 Å². The molecular formula is C7H10N2O2. The molecule has 11 heavy (non-hydrogen) atoms. The average molecular weight is 154 g/mol. The summed E-state index contributed by atoms with van der Waals surface area (Å²) in [6, 6.07) is 0. The van der Waals surface area contributed by atoms with Gasteiger partial charge < -0.3 is 0 Å². The Morgan fingerprint density at radius 2 is 1.64 bits per heavy atom. The third kappa shape index (κ3) is 0.445. The first kappa shape index (κ1) is 6.79. The van der Waals surface area contributed by atoms with Gasteiger partial charge in [-0.25, -0.2) is 10.9 Å². The van der Waals surface area contributed by atoms with Gasteiger partial charge in [0, 0.05) is 0 Å². The molecule has 1 heterocycles. The molecular weight excluding hydrogens is 144 g/mol. The highest BCUT2D eigenvalue weighted by molar-refractivity contribution is 6.13. The maximum atomic E-state index is 11.3. The van der Waals surface area contributed by atoms with E-state index >= 15 is 0 Å². The standard InChI is InChI=1S/C7H10N2O2/c1-6-3-7(6,2)5(11)9(8)4(6)10/h3,8H2,1-2H3/t6-,7+. The van der Waals surface area contributed by atoms with Crippen LogP contribution in [0.3, 0.4) is 0 Å². The molecule has 0 unspecified atom stereocenters. The number of nitrogens with two attached hydrogens (primary N) is 1. The third-order valence-corrected chi connectivity index (χ3v) is 3.18. The first-order valence-corrected chi connectivity index (χ1v) is 3.57. The minimum Gasteiger partial charge on any atom is -0.272 e. The van der Waals surface area contributed by atoms with Crippen LogP contribution in [0, 0.1) is 10.8 Å². The van der Waals surface area contributed by atoms with Gasteiger partial charge in [0.15, 0.2) is 0 Å². The fraction of sp³-hybridized carbons (Fsp3) is 0.714. The summed E-state index contributed by atoms with van der Waals surface area (Å²) in [7, 11) is 0. The largest absolute Gasteiger partial charge is 0.272 e. The van der Waals surface area contributed by atoms with Crippen LogP contribution in [0.1, 0.15) is 20.3 Å². The van der Waals surface area contributed by atoms with E-state index in [1.54, 1.807) is 13.8 Å². The number of hydrazine groups is 1. The zero-order chi connectivity index (χ0) is 8.44. The monoisotopic (exact) mass is 154 g/mol. The lowest BCUT2D eigenvalue weighted by molar-refractivity contribution is -0.143. The molecule has 2 amide bonds. The van der Waals surface area contributed by atoms with Crippen molar-refractivity contribution in [2.75, 3.05) is 0 Å². The predicted octanol–water partition coefficient (Wildman–Crippen LogP) is -0.355. The normalized spacial score (nSPS) is 48.1. The van der Waals surface area contributed by atoms with Crippen LogP contribution >= 0.6 is 0 Å². The Morgan fingerprint density at radius 1 is 1.27 bits per heavy atom. The average Bonchev–Trinajstić information content (AvgIpc) is 2.49. The van der Waals surface area contributed by atoms with Gasteiger partial charge in [0.25, 0.3) is 11.8 Å². The topological polar surface area (TPSA) is 63.4 Å². The van der Waals surface area contributed by atoms with E-state index in [2.05, 4.69) is 0 Å². The molecule has 0 radical (unpaired) electrons. The summed E-state index contributed by atoms with van der Waals surface area (Å²) in [5.41, 5.74) is -0.975. The summed E-state index contributed by atoms with van der Waals surface area (Å²) >= 11 is 0. The van der Waals surface area contributed by atoms with Gasteiger partial charge in [-0.05, 0) is 20.3 Å². The molecule has 0 aromatic carbocycles. The number of piperidine rings is 1. The molecule has 0 aromatic rings. The zero-order valence-corrected chi connectivity index (χ0v) is 6.55. The first-order chi connectivity index (χ1) is 4.93. The molecule has 1 saturated carbocycles. The molecule has 2 rings (SSSR count). The zero-order valence-electron chi connectivity index (χ0n) is 6.55. The van der Waals surface area contributed by atoms with E-state index in [-0.39, 0.29) is 11.8 Å². The van der Waals surface area contributed by atoms with E-state index in [4.69, 9.17) is 5.84 Å².